The fourth-order valence-electron chi connectivity index (χ4n) is 1.12. The van der Waals surface area contributed by atoms with Crippen molar-refractivity contribution in [2.24, 2.45) is 0 Å². The highest BCUT2D eigenvalue weighted by atomic mass is 16.1. The lowest BCUT2D eigenvalue weighted by atomic mass is 10.5. The Bertz CT molecular complexity index is 475. The van der Waals surface area contributed by atoms with Gasteiger partial charge in [-0.3, -0.25) is 9.36 Å². The molecular formula is C7H7N5O. The predicted octanol–water partition coefficient (Wildman–Crippen LogP) is 0.0686. The third kappa shape index (κ3) is 1.03. The number of imidazole rings is 1. The van der Waals surface area contributed by atoms with E-state index in [0.717, 1.165) is 0 Å². The van der Waals surface area contributed by atoms with Crippen molar-refractivity contribution >= 4 is 22.9 Å². The minimum Gasteiger partial charge on any atom is -0.382 e. The highest BCUT2D eigenvalue weighted by molar-refractivity contribution is 5.92. The molecule has 6 heteroatoms. The molecule has 0 aliphatic rings. The van der Waals surface area contributed by atoms with Crippen LogP contribution in [0.15, 0.2) is 12.7 Å². The maximum absolute atomic E-state index is 11.1. The molecule has 0 radical (unpaired) electrons. The van der Waals surface area contributed by atoms with E-state index in [1.54, 1.807) is 0 Å². The summed E-state index contributed by atoms with van der Waals surface area (Å²) in [6.45, 7) is 1.42. The second-order valence-corrected chi connectivity index (χ2v) is 2.56. The first-order chi connectivity index (χ1) is 6.20. The summed E-state index contributed by atoms with van der Waals surface area (Å²) in [6, 6.07) is 0. The van der Waals surface area contributed by atoms with E-state index >= 15 is 0 Å². The Kier molecular flexibility index (Phi) is 1.48. The lowest BCUT2D eigenvalue weighted by Gasteiger charge is -1.98. The molecule has 0 saturated heterocycles. The first-order valence-electron chi connectivity index (χ1n) is 3.64. The molecule has 0 bridgehead atoms. The molecule has 0 aliphatic carbocycles. The van der Waals surface area contributed by atoms with Crippen molar-refractivity contribution in [3.63, 3.8) is 0 Å². The molecule has 2 rings (SSSR count). The van der Waals surface area contributed by atoms with Crippen LogP contribution in [0.5, 0.6) is 0 Å². The predicted molar refractivity (Wildman–Crippen MR) is 46.0 cm³/mol. The number of anilines is 1. The van der Waals surface area contributed by atoms with E-state index in [9.17, 15) is 4.79 Å². The van der Waals surface area contributed by atoms with Crippen LogP contribution in [0.25, 0.3) is 11.2 Å². The molecule has 2 aromatic rings. The van der Waals surface area contributed by atoms with Crippen molar-refractivity contribution in [3.05, 3.63) is 12.7 Å². The van der Waals surface area contributed by atoms with Gasteiger partial charge < -0.3 is 5.73 Å². The Morgan fingerprint density at radius 3 is 2.92 bits per heavy atom. The van der Waals surface area contributed by atoms with Crippen LogP contribution in [0.4, 0.5) is 5.82 Å². The monoisotopic (exact) mass is 177 g/mol. The fourth-order valence-corrected chi connectivity index (χ4v) is 1.12. The Balaban J connectivity index is 2.86. The summed E-state index contributed by atoms with van der Waals surface area (Å²) >= 11 is 0. The number of carbonyl (C=O) groups excluding carboxylic acids is 1. The normalized spacial score (nSPS) is 10.5. The second kappa shape index (κ2) is 2.51. The minimum atomic E-state index is -0.163. The van der Waals surface area contributed by atoms with E-state index < -0.39 is 0 Å². The van der Waals surface area contributed by atoms with Gasteiger partial charge in [0.2, 0.25) is 5.91 Å². The summed E-state index contributed by atoms with van der Waals surface area (Å²) in [5.74, 6) is 0.0988. The van der Waals surface area contributed by atoms with Crippen LogP contribution >= 0.6 is 0 Å². The second-order valence-electron chi connectivity index (χ2n) is 2.56. The molecule has 0 saturated carbocycles. The molecule has 0 unspecified atom stereocenters. The van der Waals surface area contributed by atoms with Gasteiger partial charge in [-0.05, 0) is 0 Å². The summed E-state index contributed by atoms with van der Waals surface area (Å²) in [4.78, 5) is 22.6. The van der Waals surface area contributed by atoms with E-state index in [1.807, 2.05) is 0 Å². The largest absolute Gasteiger partial charge is 0.382 e. The maximum Gasteiger partial charge on any atom is 0.229 e. The van der Waals surface area contributed by atoms with E-state index in [4.69, 9.17) is 5.73 Å². The smallest absolute Gasteiger partial charge is 0.229 e. The molecule has 2 N–H and O–H groups in total. The summed E-state index contributed by atoms with van der Waals surface area (Å²) in [5, 5.41) is 0. The van der Waals surface area contributed by atoms with Gasteiger partial charge in [0, 0.05) is 6.92 Å². The number of carbonyl (C=O) groups is 1. The van der Waals surface area contributed by atoms with Gasteiger partial charge in [-0.15, -0.1) is 0 Å². The van der Waals surface area contributed by atoms with Gasteiger partial charge in [-0.1, -0.05) is 0 Å². The van der Waals surface area contributed by atoms with Crippen molar-refractivity contribution in [2.45, 2.75) is 6.92 Å². The molecule has 0 atom stereocenters. The van der Waals surface area contributed by atoms with Crippen LogP contribution in [-0.2, 0) is 0 Å². The SMILES string of the molecule is CC(=O)n1cnc2ncnc(N)c21. The van der Waals surface area contributed by atoms with Crippen LogP contribution < -0.4 is 5.73 Å². The molecule has 66 valence electrons. The summed E-state index contributed by atoms with van der Waals surface area (Å²) in [5.41, 5.74) is 6.48. The summed E-state index contributed by atoms with van der Waals surface area (Å²) in [7, 11) is 0. The first-order valence-corrected chi connectivity index (χ1v) is 3.64. The molecule has 6 nitrogen and oxygen atoms in total. The van der Waals surface area contributed by atoms with Crippen LogP contribution in [-0.4, -0.2) is 25.4 Å². The Morgan fingerprint density at radius 1 is 1.46 bits per heavy atom. The number of fused-ring (bicyclic) bond motifs is 1. The van der Waals surface area contributed by atoms with Crippen molar-refractivity contribution in [2.75, 3.05) is 5.73 Å². The van der Waals surface area contributed by atoms with E-state index in [2.05, 4.69) is 15.0 Å². The molecule has 2 aromatic heterocycles. The van der Waals surface area contributed by atoms with Crippen LogP contribution in [0.3, 0.4) is 0 Å². The van der Waals surface area contributed by atoms with E-state index in [0.29, 0.717) is 11.2 Å². The lowest BCUT2D eigenvalue weighted by molar-refractivity contribution is 0.0941. The molecule has 0 amide bonds. The van der Waals surface area contributed by atoms with Crippen LogP contribution in [0, 0.1) is 0 Å². The molecule has 0 fully saturated rings. The number of hydrogen-bond donors (Lipinski definition) is 1. The van der Waals surface area contributed by atoms with Crippen molar-refractivity contribution in [1.29, 1.82) is 0 Å². The topological polar surface area (TPSA) is 86.7 Å². The quantitative estimate of drug-likeness (QED) is 0.615. The van der Waals surface area contributed by atoms with Gasteiger partial charge in [0.05, 0.1) is 0 Å². The molecule has 13 heavy (non-hydrogen) atoms. The number of nitrogen functional groups attached to an aromatic ring is 1. The molecule has 0 spiro atoms. The highest BCUT2D eigenvalue weighted by Crippen LogP contribution is 2.14. The number of aromatic nitrogens is 4. The zero-order valence-electron chi connectivity index (χ0n) is 6.93. The molecule has 0 aromatic carbocycles. The Morgan fingerprint density at radius 2 is 2.23 bits per heavy atom. The van der Waals surface area contributed by atoms with Crippen molar-refractivity contribution in [3.8, 4) is 0 Å². The van der Waals surface area contributed by atoms with Gasteiger partial charge in [0.25, 0.3) is 0 Å². The van der Waals surface area contributed by atoms with Gasteiger partial charge in [0.15, 0.2) is 11.5 Å². The molecular weight excluding hydrogens is 170 g/mol. The van der Waals surface area contributed by atoms with Crippen molar-refractivity contribution in [1.82, 2.24) is 19.5 Å². The standard InChI is InChI=1S/C7H7N5O/c1-4(13)12-3-11-7-5(12)6(8)9-2-10-7/h2-3H,1H3,(H2,8,9,10). The zero-order valence-corrected chi connectivity index (χ0v) is 6.93. The fraction of sp³-hybridized carbons (Fsp3) is 0.143. The first kappa shape index (κ1) is 7.66. The molecule has 2 heterocycles. The zero-order chi connectivity index (χ0) is 9.42. The Labute approximate surface area is 73.4 Å². The lowest BCUT2D eigenvalue weighted by Crippen LogP contribution is -2.06. The molecule has 0 aliphatic heterocycles. The summed E-state index contributed by atoms with van der Waals surface area (Å²) < 4.78 is 1.32. The number of nitrogens with zero attached hydrogens (tertiary/aromatic N) is 4. The van der Waals surface area contributed by atoms with Crippen LogP contribution in [0.1, 0.15) is 11.7 Å². The number of rotatable bonds is 0. The Hall–Kier alpha value is -1.98. The maximum atomic E-state index is 11.1. The average molecular weight is 177 g/mol. The van der Waals surface area contributed by atoms with Gasteiger partial charge in [-0.2, -0.15) is 0 Å². The van der Waals surface area contributed by atoms with Crippen LogP contribution in [0.2, 0.25) is 0 Å². The van der Waals surface area contributed by atoms with E-state index in [-0.39, 0.29) is 11.7 Å². The highest BCUT2D eigenvalue weighted by Gasteiger charge is 2.09. The summed E-state index contributed by atoms with van der Waals surface area (Å²) in [6.07, 6.45) is 2.70. The van der Waals surface area contributed by atoms with E-state index in [1.165, 1.54) is 24.1 Å². The average Bonchev–Trinajstić information content (AvgIpc) is 2.49. The van der Waals surface area contributed by atoms with Gasteiger partial charge in [0.1, 0.15) is 18.2 Å². The van der Waals surface area contributed by atoms with Gasteiger partial charge in [-0.25, -0.2) is 15.0 Å². The number of hydrogen-bond acceptors (Lipinski definition) is 5. The third-order valence-electron chi connectivity index (χ3n) is 1.71. The number of nitrogens with two attached hydrogens (primary N) is 1. The minimum absolute atomic E-state index is 0.163. The third-order valence-corrected chi connectivity index (χ3v) is 1.71. The van der Waals surface area contributed by atoms with Gasteiger partial charge >= 0.3 is 0 Å². The van der Waals surface area contributed by atoms with Crippen molar-refractivity contribution < 1.29 is 4.79 Å².